The van der Waals surface area contributed by atoms with Crippen LogP contribution in [0.1, 0.15) is 5.56 Å². The maximum Gasteiger partial charge on any atom is 0.203 e. The molecule has 0 saturated heterocycles. The van der Waals surface area contributed by atoms with Gasteiger partial charge in [0.15, 0.2) is 11.5 Å². The molecule has 2 heterocycles. The number of aromatic nitrogens is 3. The summed E-state index contributed by atoms with van der Waals surface area (Å²) in [5, 5.41) is 6.51. The standard InChI is InChI=1S/C23H25N5O3/c1-24-23-27-18-13-25-22(26-16-6-5-7-17(11-16)29-2)12-19(18)28(23)14-15-8-9-20(30-3)21(10-15)31-4/h5-13H,14H2,1-4H3,(H,24,27)(H,25,26). The molecule has 4 aromatic rings. The molecule has 2 aromatic carbocycles. The first kappa shape index (κ1) is 20.3. The van der Waals surface area contributed by atoms with Gasteiger partial charge in [-0.2, -0.15) is 0 Å². The van der Waals surface area contributed by atoms with Gasteiger partial charge in [0.25, 0.3) is 0 Å². The number of fused-ring (bicyclic) bond motifs is 1. The molecule has 160 valence electrons. The molecular formula is C23H25N5O3. The summed E-state index contributed by atoms with van der Waals surface area (Å²) in [6.45, 7) is 0.607. The van der Waals surface area contributed by atoms with Crippen molar-refractivity contribution < 1.29 is 14.2 Å². The summed E-state index contributed by atoms with van der Waals surface area (Å²) in [5.74, 6) is 3.64. The molecule has 0 aliphatic carbocycles. The summed E-state index contributed by atoms with van der Waals surface area (Å²) in [6, 6.07) is 15.6. The lowest BCUT2D eigenvalue weighted by Crippen LogP contribution is -2.05. The number of anilines is 3. The lowest BCUT2D eigenvalue weighted by molar-refractivity contribution is 0.354. The van der Waals surface area contributed by atoms with Gasteiger partial charge in [0, 0.05) is 24.9 Å². The third-order valence-corrected chi connectivity index (χ3v) is 4.99. The Labute approximate surface area is 180 Å². The average Bonchev–Trinajstić information content (AvgIpc) is 3.15. The number of hydrogen-bond acceptors (Lipinski definition) is 7. The largest absolute Gasteiger partial charge is 0.497 e. The van der Waals surface area contributed by atoms with Gasteiger partial charge in [-0.1, -0.05) is 12.1 Å². The van der Waals surface area contributed by atoms with Crippen LogP contribution in [0.15, 0.2) is 54.7 Å². The normalized spacial score (nSPS) is 10.7. The molecule has 4 rings (SSSR count). The van der Waals surface area contributed by atoms with Crippen LogP contribution in [0, 0.1) is 0 Å². The van der Waals surface area contributed by atoms with Gasteiger partial charge in [0.2, 0.25) is 5.95 Å². The quantitative estimate of drug-likeness (QED) is 0.441. The molecule has 2 aromatic heterocycles. The van der Waals surface area contributed by atoms with E-state index in [4.69, 9.17) is 14.2 Å². The van der Waals surface area contributed by atoms with E-state index in [1.165, 1.54) is 0 Å². The fourth-order valence-corrected chi connectivity index (χ4v) is 3.46. The van der Waals surface area contributed by atoms with Crippen molar-refractivity contribution in [1.29, 1.82) is 0 Å². The molecule has 31 heavy (non-hydrogen) atoms. The van der Waals surface area contributed by atoms with Crippen LogP contribution in [0.4, 0.5) is 17.5 Å². The van der Waals surface area contributed by atoms with Crippen LogP contribution in [0.5, 0.6) is 17.2 Å². The molecule has 0 radical (unpaired) electrons. The first-order chi connectivity index (χ1) is 15.1. The van der Waals surface area contributed by atoms with Gasteiger partial charge >= 0.3 is 0 Å². The lowest BCUT2D eigenvalue weighted by Gasteiger charge is -2.13. The highest BCUT2D eigenvalue weighted by atomic mass is 16.5. The number of methoxy groups -OCH3 is 3. The van der Waals surface area contributed by atoms with Crippen LogP contribution < -0.4 is 24.8 Å². The molecule has 0 unspecified atom stereocenters. The van der Waals surface area contributed by atoms with E-state index in [0.717, 1.165) is 39.8 Å². The Morgan fingerprint density at radius 2 is 1.77 bits per heavy atom. The van der Waals surface area contributed by atoms with E-state index < -0.39 is 0 Å². The Kier molecular flexibility index (Phi) is 5.79. The highest BCUT2D eigenvalue weighted by molar-refractivity contribution is 5.81. The second-order valence-corrected chi connectivity index (χ2v) is 6.88. The molecule has 0 bridgehead atoms. The van der Waals surface area contributed by atoms with Gasteiger partial charge < -0.3 is 29.4 Å². The smallest absolute Gasteiger partial charge is 0.203 e. The van der Waals surface area contributed by atoms with Crippen LogP contribution in [0.3, 0.4) is 0 Å². The zero-order valence-corrected chi connectivity index (χ0v) is 18.0. The summed E-state index contributed by atoms with van der Waals surface area (Å²) >= 11 is 0. The van der Waals surface area contributed by atoms with Gasteiger partial charge in [0.1, 0.15) is 17.1 Å². The van der Waals surface area contributed by atoms with E-state index in [-0.39, 0.29) is 0 Å². The lowest BCUT2D eigenvalue weighted by atomic mass is 10.2. The minimum Gasteiger partial charge on any atom is -0.497 e. The van der Waals surface area contributed by atoms with E-state index in [1.807, 2.05) is 55.6 Å². The predicted octanol–water partition coefficient (Wildman–Crippen LogP) is 4.29. The van der Waals surface area contributed by atoms with Gasteiger partial charge in [-0.25, -0.2) is 9.97 Å². The number of pyridine rings is 1. The van der Waals surface area contributed by atoms with Crippen molar-refractivity contribution in [2.45, 2.75) is 6.54 Å². The number of nitrogens with zero attached hydrogens (tertiary/aromatic N) is 3. The molecule has 8 nitrogen and oxygen atoms in total. The minimum atomic E-state index is 0.607. The van der Waals surface area contributed by atoms with Crippen LogP contribution in [0.2, 0.25) is 0 Å². The minimum absolute atomic E-state index is 0.607. The van der Waals surface area contributed by atoms with Crippen molar-refractivity contribution in [2.75, 3.05) is 39.0 Å². The van der Waals surface area contributed by atoms with Gasteiger partial charge in [-0.3, -0.25) is 0 Å². The number of nitrogens with one attached hydrogen (secondary N) is 2. The zero-order chi connectivity index (χ0) is 21.8. The number of hydrogen-bond donors (Lipinski definition) is 2. The third kappa shape index (κ3) is 4.18. The fraction of sp³-hybridized carbons (Fsp3) is 0.217. The van der Waals surface area contributed by atoms with Gasteiger partial charge in [0.05, 0.1) is 39.6 Å². The molecular weight excluding hydrogens is 394 g/mol. The van der Waals surface area contributed by atoms with Gasteiger partial charge in [-0.05, 0) is 29.8 Å². The van der Waals surface area contributed by atoms with Crippen molar-refractivity contribution in [1.82, 2.24) is 14.5 Å². The van der Waals surface area contributed by atoms with Gasteiger partial charge in [-0.15, -0.1) is 0 Å². The SMILES string of the molecule is CNc1nc2cnc(Nc3cccc(OC)c3)cc2n1Cc1ccc(OC)c(OC)c1. The summed E-state index contributed by atoms with van der Waals surface area (Å²) in [7, 11) is 6.77. The van der Waals surface area contributed by atoms with E-state index >= 15 is 0 Å². The predicted molar refractivity (Wildman–Crippen MR) is 122 cm³/mol. The maximum atomic E-state index is 5.45. The first-order valence-corrected chi connectivity index (χ1v) is 9.81. The van der Waals surface area contributed by atoms with E-state index in [0.29, 0.717) is 18.0 Å². The Balaban J connectivity index is 1.70. The topological polar surface area (TPSA) is 82.5 Å². The van der Waals surface area contributed by atoms with Crippen LogP contribution in [0.25, 0.3) is 11.0 Å². The zero-order valence-electron chi connectivity index (χ0n) is 18.0. The van der Waals surface area contributed by atoms with Crippen LogP contribution >= 0.6 is 0 Å². The van der Waals surface area contributed by atoms with Crippen LogP contribution in [-0.2, 0) is 6.54 Å². The first-order valence-electron chi connectivity index (χ1n) is 9.81. The Hall–Kier alpha value is -3.94. The van der Waals surface area contributed by atoms with E-state index in [1.54, 1.807) is 27.5 Å². The summed E-state index contributed by atoms with van der Waals surface area (Å²) in [5.41, 5.74) is 3.72. The maximum absolute atomic E-state index is 5.45. The molecule has 0 atom stereocenters. The highest BCUT2D eigenvalue weighted by Crippen LogP contribution is 2.30. The molecule has 0 fully saturated rings. The Morgan fingerprint density at radius 1 is 0.935 bits per heavy atom. The second-order valence-electron chi connectivity index (χ2n) is 6.88. The molecule has 8 heteroatoms. The van der Waals surface area contributed by atoms with Crippen molar-refractivity contribution in [2.24, 2.45) is 0 Å². The van der Waals surface area contributed by atoms with Crippen LogP contribution in [-0.4, -0.2) is 42.9 Å². The molecule has 0 spiro atoms. The second kappa shape index (κ2) is 8.83. The molecule has 0 saturated carbocycles. The highest BCUT2D eigenvalue weighted by Gasteiger charge is 2.13. The number of ether oxygens (including phenoxy) is 3. The third-order valence-electron chi connectivity index (χ3n) is 4.99. The van der Waals surface area contributed by atoms with Crippen molar-refractivity contribution in [3.8, 4) is 17.2 Å². The molecule has 0 aliphatic heterocycles. The fourth-order valence-electron chi connectivity index (χ4n) is 3.46. The summed E-state index contributed by atoms with van der Waals surface area (Å²) in [4.78, 5) is 9.18. The number of rotatable bonds is 8. The number of imidazole rings is 1. The van der Waals surface area contributed by atoms with Crippen molar-refractivity contribution in [3.05, 3.63) is 60.3 Å². The molecule has 0 aliphatic rings. The Morgan fingerprint density at radius 3 is 2.52 bits per heavy atom. The molecule has 0 amide bonds. The molecule has 2 N–H and O–H groups in total. The Bertz CT molecular complexity index is 1210. The van der Waals surface area contributed by atoms with E-state index in [9.17, 15) is 0 Å². The monoisotopic (exact) mass is 419 g/mol. The summed E-state index contributed by atoms with van der Waals surface area (Å²) < 4.78 is 18.2. The number of benzene rings is 2. The average molecular weight is 419 g/mol. The summed E-state index contributed by atoms with van der Waals surface area (Å²) in [6.07, 6.45) is 1.77. The van der Waals surface area contributed by atoms with Crippen molar-refractivity contribution in [3.63, 3.8) is 0 Å². The van der Waals surface area contributed by atoms with E-state index in [2.05, 4.69) is 25.2 Å². The van der Waals surface area contributed by atoms with Crippen molar-refractivity contribution >= 4 is 28.5 Å².